The minimum absolute atomic E-state index is 0.0311. The highest BCUT2D eigenvalue weighted by Crippen LogP contribution is 2.37. The molecule has 0 bridgehead atoms. The van der Waals surface area contributed by atoms with Crippen molar-refractivity contribution >= 4 is 17.3 Å². The third-order valence-electron chi connectivity index (χ3n) is 3.91. The maximum atomic E-state index is 5.53. The van der Waals surface area contributed by atoms with Crippen molar-refractivity contribution in [2.24, 2.45) is 0 Å². The summed E-state index contributed by atoms with van der Waals surface area (Å²) in [5, 5.41) is 4.15. The van der Waals surface area contributed by atoms with Crippen molar-refractivity contribution < 1.29 is 4.74 Å². The summed E-state index contributed by atoms with van der Waals surface area (Å²) in [6.07, 6.45) is 1.81. The van der Waals surface area contributed by atoms with Gasteiger partial charge in [0.25, 0.3) is 0 Å². The van der Waals surface area contributed by atoms with Crippen LogP contribution in [0.4, 0.5) is 0 Å². The number of H-pyrrole nitrogens is 1. The summed E-state index contributed by atoms with van der Waals surface area (Å²) >= 11 is 5.53. The average molecular weight is 316 g/mol. The van der Waals surface area contributed by atoms with Crippen LogP contribution in [0.25, 0.3) is 0 Å². The van der Waals surface area contributed by atoms with Gasteiger partial charge in [-0.15, -0.1) is 0 Å². The van der Waals surface area contributed by atoms with Crippen LogP contribution in [0, 0.1) is 6.92 Å². The standard InChI is InChI=1S/C16H20N4OS/c1-11-6-7-13(18-11)15-14(12-5-3-4-8-17-12)19-16(22)20(15)9-10-21-2/h3-8,14-15,18H,9-10H2,1-2H3,(H,19,22)/t14-,15+/m1/s1. The van der Waals surface area contributed by atoms with Gasteiger partial charge < -0.3 is 19.9 Å². The number of hydrogen-bond donors (Lipinski definition) is 2. The van der Waals surface area contributed by atoms with Crippen molar-refractivity contribution in [2.75, 3.05) is 20.3 Å². The van der Waals surface area contributed by atoms with Crippen LogP contribution < -0.4 is 5.32 Å². The number of aromatic nitrogens is 2. The fraction of sp³-hybridized carbons (Fsp3) is 0.375. The Hall–Kier alpha value is -1.92. The maximum absolute atomic E-state index is 5.53. The van der Waals surface area contributed by atoms with E-state index < -0.39 is 0 Å². The zero-order valence-electron chi connectivity index (χ0n) is 12.7. The zero-order chi connectivity index (χ0) is 15.5. The third kappa shape index (κ3) is 2.84. The molecule has 2 atom stereocenters. The Labute approximate surface area is 135 Å². The number of hydrogen-bond acceptors (Lipinski definition) is 3. The van der Waals surface area contributed by atoms with Gasteiger partial charge in [0.05, 0.1) is 24.4 Å². The zero-order valence-corrected chi connectivity index (χ0v) is 13.6. The number of aryl methyl sites for hydroxylation is 1. The van der Waals surface area contributed by atoms with Gasteiger partial charge >= 0.3 is 0 Å². The summed E-state index contributed by atoms with van der Waals surface area (Å²) < 4.78 is 5.23. The van der Waals surface area contributed by atoms with Gasteiger partial charge in [0.15, 0.2) is 5.11 Å². The van der Waals surface area contributed by atoms with Crippen LogP contribution in [0.3, 0.4) is 0 Å². The van der Waals surface area contributed by atoms with Crippen molar-refractivity contribution in [2.45, 2.75) is 19.0 Å². The molecule has 0 aromatic carbocycles. The first-order valence-corrected chi connectivity index (χ1v) is 7.74. The molecule has 0 aliphatic carbocycles. The average Bonchev–Trinajstić information content (AvgIpc) is 3.09. The lowest BCUT2D eigenvalue weighted by molar-refractivity contribution is 0.163. The summed E-state index contributed by atoms with van der Waals surface area (Å²) in [7, 11) is 1.70. The molecule has 0 unspecified atom stereocenters. The molecule has 0 radical (unpaired) electrons. The predicted octanol–water partition coefficient (Wildman–Crippen LogP) is 2.34. The fourth-order valence-electron chi connectivity index (χ4n) is 2.87. The van der Waals surface area contributed by atoms with Gasteiger partial charge in [-0.25, -0.2) is 0 Å². The molecule has 2 aromatic heterocycles. The van der Waals surface area contributed by atoms with Gasteiger partial charge in [-0.2, -0.15) is 0 Å². The van der Waals surface area contributed by atoms with Gasteiger partial charge in [-0.3, -0.25) is 4.98 Å². The largest absolute Gasteiger partial charge is 0.383 e. The van der Waals surface area contributed by atoms with Crippen LogP contribution in [0.1, 0.15) is 29.2 Å². The van der Waals surface area contributed by atoms with Crippen LogP contribution in [-0.4, -0.2) is 40.2 Å². The van der Waals surface area contributed by atoms with E-state index in [2.05, 4.69) is 39.2 Å². The lowest BCUT2D eigenvalue weighted by Crippen LogP contribution is -2.32. The van der Waals surface area contributed by atoms with Crippen LogP contribution in [-0.2, 0) is 4.74 Å². The molecule has 2 N–H and O–H groups in total. The molecule has 0 amide bonds. The normalized spacial score (nSPS) is 21.2. The molecule has 1 aliphatic rings. The van der Waals surface area contributed by atoms with Crippen molar-refractivity contribution in [1.29, 1.82) is 0 Å². The van der Waals surface area contributed by atoms with Gasteiger partial charge in [-0.1, -0.05) is 6.07 Å². The van der Waals surface area contributed by atoms with E-state index in [0.29, 0.717) is 6.61 Å². The van der Waals surface area contributed by atoms with Crippen molar-refractivity contribution in [1.82, 2.24) is 20.2 Å². The number of rotatable bonds is 5. The first kappa shape index (κ1) is 15.0. The van der Waals surface area contributed by atoms with Crippen molar-refractivity contribution in [3.63, 3.8) is 0 Å². The third-order valence-corrected chi connectivity index (χ3v) is 4.26. The molecule has 3 rings (SSSR count). The lowest BCUT2D eigenvalue weighted by Gasteiger charge is -2.26. The Morgan fingerprint density at radius 2 is 2.18 bits per heavy atom. The molecule has 116 valence electrons. The number of ether oxygens (including phenoxy) is 1. The number of methoxy groups -OCH3 is 1. The van der Waals surface area contributed by atoms with Crippen LogP contribution >= 0.6 is 12.2 Å². The van der Waals surface area contributed by atoms with E-state index in [1.807, 2.05) is 24.4 Å². The number of pyridine rings is 1. The van der Waals surface area contributed by atoms with E-state index in [1.165, 1.54) is 0 Å². The van der Waals surface area contributed by atoms with E-state index in [9.17, 15) is 0 Å². The van der Waals surface area contributed by atoms with Gasteiger partial charge in [0.2, 0.25) is 0 Å². The topological polar surface area (TPSA) is 53.2 Å². The number of nitrogens with zero attached hydrogens (tertiary/aromatic N) is 2. The quantitative estimate of drug-likeness (QED) is 0.829. The molecule has 1 saturated heterocycles. The molecule has 1 fully saturated rings. The monoisotopic (exact) mass is 316 g/mol. The lowest BCUT2D eigenvalue weighted by atomic mass is 10.0. The first-order chi connectivity index (χ1) is 10.7. The Morgan fingerprint density at radius 1 is 1.32 bits per heavy atom. The minimum Gasteiger partial charge on any atom is -0.383 e. The molecular weight excluding hydrogens is 296 g/mol. The first-order valence-electron chi connectivity index (χ1n) is 7.33. The van der Waals surface area contributed by atoms with Gasteiger partial charge in [0.1, 0.15) is 0 Å². The highest BCUT2D eigenvalue weighted by Gasteiger charge is 2.40. The van der Waals surface area contributed by atoms with E-state index in [4.69, 9.17) is 17.0 Å². The molecule has 0 spiro atoms. The molecule has 0 saturated carbocycles. The summed E-state index contributed by atoms with van der Waals surface area (Å²) in [6, 6.07) is 10.3. The number of aromatic amines is 1. The maximum Gasteiger partial charge on any atom is 0.170 e. The highest BCUT2D eigenvalue weighted by atomic mass is 32.1. The SMILES string of the molecule is COCCN1C(=S)N[C@H](c2ccccn2)[C@@H]1c1ccc(C)[nH]1. The smallest absolute Gasteiger partial charge is 0.170 e. The summed E-state index contributed by atoms with van der Waals surface area (Å²) in [4.78, 5) is 10.1. The minimum atomic E-state index is 0.0311. The second kappa shape index (κ2) is 6.46. The Morgan fingerprint density at radius 3 is 2.82 bits per heavy atom. The second-order valence-electron chi connectivity index (χ2n) is 5.41. The second-order valence-corrected chi connectivity index (χ2v) is 5.80. The Bertz CT molecular complexity index is 643. The predicted molar refractivity (Wildman–Crippen MR) is 89.6 cm³/mol. The van der Waals surface area contributed by atoms with E-state index >= 15 is 0 Å². The fourth-order valence-corrected chi connectivity index (χ4v) is 3.20. The number of thiocarbonyl (C=S) groups is 1. The molecular formula is C16H20N4OS. The van der Waals surface area contributed by atoms with Crippen LogP contribution in [0.15, 0.2) is 36.5 Å². The van der Waals surface area contributed by atoms with Crippen molar-refractivity contribution in [3.8, 4) is 0 Å². The molecule has 5 nitrogen and oxygen atoms in total. The Kier molecular flexibility index (Phi) is 4.40. The van der Waals surface area contributed by atoms with Crippen molar-refractivity contribution in [3.05, 3.63) is 53.6 Å². The van der Waals surface area contributed by atoms with E-state index in [-0.39, 0.29) is 12.1 Å². The molecule has 3 heterocycles. The van der Waals surface area contributed by atoms with Gasteiger partial charge in [-0.05, 0) is 43.4 Å². The van der Waals surface area contributed by atoms with Gasteiger partial charge in [0, 0.05) is 31.2 Å². The molecule has 6 heteroatoms. The Balaban J connectivity index is 1.96. The van der Waals surface area contributed by atoms with E-state index in [1.54, 1.807) is 7.11 Å². The molecule has 1 aliphatic heterocycles. The molecule has 22 heavy (non-hydrogen) atoms. The van der Waals surface area contributed by atoms with Crippen LogP contribution in [0.2, 0.25) is 0 Å². The molecule has 2 aromatic rings. The van der Waals surface area contributed by atoms with E-state index in [0.717, 1.165) is 28.7 Å². The summed E-state index contributed by atoms with van der Waals surface area (Å²) in [6.45, 7) is 3.43. The van der Waals surface area contributed by atoms with Crippen LogP contribution in [0.5, 0.6) is 0 Å². The summed E-state index contributed by atoms with van der Waals surface area (Å²) in [5.74, 6) is 0. The highest BCUT2D eigenvalue weighted by molar-refractivity contribution is 7.80. The summed E-state index contributed by atoms with van der Waals surface area (Å²) in [5.41, 5.74) is 3.26. The number of nitrogens with one attached hydrogen (secondary N) is 2.